The summed E-state index contributed by atoms with van der Waals surface area (Å²) in [4.78, 5) is 25.0. The Morgan fingerprint density at radius 1 is 1.00 bits per heavy atom. The number of amides is 1. The molecule has 1 amide bonds. The second kappa shape index (κ2) is 9.17. The van der Waals surface area contributed by atoms with Gasteiger partial charge >= 0.3 is 6.18 Å². The SMILES string of the molecule is O=C(CNC(=O)c1ccc2c(c1)C[C@H]1CC[C@@H](C2)[C@]12CN(CC(F)(F)F)S(=O)(=O)N2)c1ccc(F)cc1. The van der Waals surface area contributed by atoms with Gasteiger partial charge in [-0.2, -0.15) is 30.6 Å². The van der Waals surface area contributed by atoms with Crippen LogP contribution in [0.4, 0.5) is 17.6 Å². The molecular formula is C25H25F4N3O4S. The molecule has 2 bridgehead atoms. The smallest absolute Gasteiger partial charge is 0.345 e. The molecule has 37 heavy (non-hydrogen) atoms. The fraction of sp³-hybridized carbons (Fsp3) is 0.440. The Balaban J connectivity index is 1.31. The van der Waals surface area contributed by atoms with Crippen LogP contribution >= 0.6 is 0 Å². The first-order chi connectivity index (χ1) is 17.4. The van der Waals surface area contributed by atoms with Gasteiger partial charge in [0.2, 0.25) is 0 Å². The Morgan fingerprint density at radius 2 is 1.62 bits per heavy atom. The van der Waals surface area contributed by atoms with Gasteiger partial charge in [-0.15, -0.1) is 0 Å². The molecule has 3 atom stereocenters. The van der Waals surface area contributed by atoms with E-state index in [1.165, 1.54) is 12.1 Å². The summed E-state index contributed by atoms with van der Waals surface area (Å²) in [6.07, 6.45) is -2.38. The summed E-state index contributed by atoms with van der Waals surface area (Å²) < 4.78 is 80.6. The fourth-order valence-corrected chi connectivity index (χ4v) is 7.69. The van der Waals surface area contributed by atoms with Gasteiger partial charge in [-0.05, 0) is 85.0 Å². The van der Waals surface area contributed by atoms with Crippen LogP contribution in [-0.4, -0.2) is 55.8 Å². The highest BCUT2D eigenvalue weighted by atomic mass is 32.2. The zero-order valence-corrected chi connectivity index (χ0v) is 20.5. The molecule has 0 unspecified atom stereocenters. The first-order valence-corrected chi connectivity index (χ1v) is 13.3. The van der Waals surface area contributed by atoms with Gasteiger partial charge < -0.3 is 5.32 Å². The van der Waals surface area contributed by atoms with Gasteiger partial charge in [0, 0.05) is 17.7 Å². The number of Topliss-reactive ketones (excluding diaryl/α,β-unsaturated/α-hetero) is 1. The number of alkyl halides is 3. The van der Waals surface area contributed by atoms with E-state index in [4.69, 9.17) is 0 Å². The summed E-state index contributed by atoms with van der Waals surface area (Å²) in [6, 6.07) is 10.1. The second-order valence-corrected chi connectivity index (χ2v) is 11.7. The fourth-order valence-electron chi connectivity index (χ4n) is 5.99. The minimum atomic E-state index is -4.65. The van der Waals surface area contributed by atoms with E-state index < -0.39 is 40.2 Å². The van der Waals surface area contributed by atoms with Gasteiger partial charge in [-0.1, -0.05) is 6.07 Å². The highest BCUT2D eigenvalue weighted by Crippen LogP contribution is 2.50. The minimum absolute atomic E-state index is 0.167. The molecule has 7 nitrogen and oxygen atoms in total. The van der Waals surface area contributed by atoms with E-state index in [-0.39, 0.29) is 36.3 Å². The number of benzene rings is 2. The molecule has 2 aromatic rings. The van der Waals surface area contributed by atoms with Crippen molar-refractivity contribution in [3.05, 3.63) is 70.5 Å². The van der Waals surface area contributed by atoms with E-state index in [0.29, 0.717) is 35.6 Å². The van der Waals surface area contributed by atoms with E-state index in [1.807, 2.05) is 0 Å². The number of ketones is 1. The number of rotatable bonds is 5. The molecule has 3 aliphatic rings. The number of nitrogens with zero attached hydrogens (tertiary/aromatic N) is 1. The van der Waals surface area contributed by atoms with E-state index in [9.17, 15) is 35.6 Å². The maximum absolute atomic E-state index is 13.1. The molecule has 1 saturated carbocycles. The number of hydrogen-bond donors (Lipinski definition) is 2. The van der Waals surface area contributed by atoms with Crippen LogP contribution in [0.3, 0.4) is 0 Å². The quantitative estimate of drug-likeness (QED) is 0.451. The monoisotopic (exact) mass is 539 g/mol. The van der Waals surface area contributed by atoms with Crippen molar-refractivity contribution in [2.24, 2.45) is 11.8 Å². The van der Waals surface area contributed by atoms with Gasteiger partial charge in [0.25, 0.3) is 16.1 Å². The zero-order valence-electron chi connectivity index (χ0n) is 19.6. The molecular weight excluding hydrogens is 514 g/mol. The Bertz CT molecular complexity index is 1350. The highest BCUT2D eigenvalue weighted by molar-refractivity contribution is 7.87. The lowest BCUT2D eigenvalue weighted by molar-refractivity contribution is -0.136. The van der Waals surface area contributed by atoms with Crippen molar-refractivity contribution in [1.82, 2.24) is 14.3 Å². The van der Waals surface area contributed by atoms with E-state index in [2.05, 4.69) is 10.0 Å². The van der Waals surface area contributed by atoms with Crippen LogP contribution in [0.1, 0.15) is 44.7 Å². The van der Waals surface area contributed by atoms with Crippen LogP contribution in [0.5, 0.6) is 0 Å². The average Bonchev–Trinajstić information content (AvgIpc) is 3.20. The van der Waals surface area contributed by atoms with Gasteiger partial charge in [0.05, 0.1) is 12.1 Å². The second-order valence-electron chi connectivity index (χ2n) is 10.0. The third kappa shape index (κ3) is 5.01. The number of carbonyl (C=O) groups excluding carboxylic acids is 2. The van der Waals surface area contributed by atoms with Crippen LogP contribution in [0, 0.1) is 17.7 Å². The van der Waals surface area contributed by atoms with Gasteiger partial charge in [-0.25, -0.2) is 4.39 Å². The standard InChI is InChI=1S/C25H25F4N3O4S/c26-21-7-3-15(4-8-21)22(33)12-30-23(34)17-2-1-16-10-19-5-6-20(11-18(16)9-17)24(19)13-32(14-25(27,28)29)37(35,36)31-24/h1-4,7-9,19-20,31H,5-6,10-14H2,(H,30,34)/t19-,20+,24+/m0/s1. The molecule has 198 valence electrons. The lowest BCUT2D eigenvalue weighted by atomic mass is 9.79. The Labute approximate surface area is 211 Å². The number of halogens is 4. The number of nitrogens with one attached hydrogen (secondary N) is 2. The van der Waals surface area contributed by atoms with Crippen molar-refractivity contribution >= 4 is 21.9 Å². The van der Waals surface area contributed by atoms with Gasteiger partial charge in [-0.3, -0.25) is 9.59 Å². The largest absolute Gasteiger partial charge is 0.402 e. The van der Waals surface area contributed by atoms with Crippen molar-refractivity contribution in [3.8, 4) is 0 Å². The number of carbonyl (C=O) groups is 2. The first kappa shape index (κ1) is 25.8. The molecule has 1 saturated heterocycles. The molecule has 2 fully saturated rings. The van der Waals surface area contributed by atoms with Crippen LogP contribution in [0.15, 0.2) is 42.5 Å². The first-order valence-electron chi connectivity index (χ1n) is 11.9. The van der Waals surface area contributed by atoms with Crippen molar-refractivity contribution in [2.75, 3.05) is 19.6 Å². The summed E-state index contributed by atoms with van der Waals surface area (Å²) in [5.74, 6) is -1.70. The van der Waals surface area contributed by atoms with Crippen LogP contribution < -0.4 is 10.0 Å². The zero-order chi connectivity index (χ0) is 26.6. The summed E-state index contributed by atoms with van der Waals surface area (Å²) >= 11 is 0. The maximum Gasteiger partial charge on any atom is 0.402 e. The van der Waals surface area contributed by atoms with Crippen molar-refractivity contribution in [2.45, 2.75) is 37.4 Å². The van der Waals surface area contributed by atoms with Crippen LogP contribution in [0.25, 0.3) is 0 Å². The molecule has 12 heteroatoms. The third-order valence-corrected chi connectivity index (χ3v) is 9.33. The predicted octanol–water partition coefficient (Wildman–Crippen LogP) is 3.01. The average molecular weight is 540 g/mol. The summed E-state index contributed by atoms with van der Waals surface area (Å²) in [7, 11) is -4.27. The molecule has 1 heterocycles. The van der Waals surface area contributed by atoms with E-state index >= 15 is 0 Å². The van der Waals surface area contributed by atoms with Gasteiger partial charge in [0.1, 0.15) is 12.4 Å². The predicted molar refractivity (Wildman–Crippen MR) is 126 cm³/mol. The molecule has 5 rings (SSSR count). The molecule has 1 aliphatic heterocycles. The molecule has 0 radical (unpaired) electrons. The Morgan fingerprint density at radius 3 is 2.27 bits per heavy atom. The van der Waals surface area contributed by atoms with Crippen molar-refractivity contribution in [1.29, 1.82) is 0 Å². The molecule has 2 aliphatic carbocycles. The summed E-state index contributed by atoms with van der Waals surface area (Å²) in [5, 5.41) is 2.57. The number of fused-ring (bicyclic) bond motifs is 1. The molecule has 2 aromatic carbocycles. The lowest BCUT2D eigenvalue weighted by Crippen LogP contribution is -2.52. The summed E-state index contributed by atoms with van der Waals surface area (Å²) in [6.45, 7) is -2.04. The normalized spacial score (nSPS) is 26.6. The maximum atomic E-state index is 13.1. The van der Waals surface area contributed by atoms with E-state index in [0.717, 1.165) is 23.3 Å². The van der Waals surface area contributed by atoms with Crippen molar-refractivity contribution in [3.63, 3.8) is 0 Å². The van der Waals surface area contributed by atoms with Crippen molar-refractivity contribution < 1.29 is 35.6 Å². The van der Waals surface area contributed by atoms with Crippen LogP contribution in [-0.2, 0) is 23.1 Å². The Hall–Kier alpha value is -2.83. The molecule has 1 spiro atoms. The lowest BCUT2D eigenvalue weighted by Gasteiger charge is -2.33. The topological polar surface area (TPSA) is 95.6 Å². The van der Waals surface area contributed by atoms with Crippen LogP contribution in [0.2, 0.25) is 0 Å². The minimum Gasteiger partial charge on any atom is -0.345 e. The molecule has 2 N–H and O–H groups in total. The number of hydrogen-bond acceptors (Lipinski definition) is 4. The molecule has 0 aromatic heterocycles. The van der Waals surface area contributed by atoms with Gasteiger partial charge in [0.15, 0.2) is 5.78 Å². The third-order valence-electron chi connectivity index (χ3n) is 7.75. The Kier molecular flexibility index (Phi) is 6.40. The highest BCUT2D eigenvalue weighted by Gasteiger charge is 2.60. The van der Waals surface area contributed by atoms with E-state index in [1.54, 1.807) is 18.2 Å². The summed E-state index contributed by atoms with van der Waals surface area (Å²) in [5.41, 5.74) is 1.37.